The fourth-order valence-electron chi connectivity index (χ4n) is 4.24. The predicted molar refractivity (Wildman–Crippen MR) is 166 cm³/mol. The van der Waals surface area contributed by atoms with Crippen molar-refractivity contribution in [3.8, 4) is 17.2 Å². The van der Waals surface area contributed by atoms with Gasteiger partial charge in [-0.15, -0.1) is 0 Å². The molecule has 0 aliphatic heterocycles. The molecule has 232 valence electrons. The molecule has 3 aromatic carbocycles. The third kappa shape index (κ3) is 8.55. The molecule has 12 heteroatoms. The zero-order chi connectivity index (χ0) is 31.7. The van der Waals surface area contributed by atoms with E-state index in [1.54, 1.807) is 31.2 Å². The molecule has 0 aliphatic carbocycles. The lowest BCUT2D eigenvalue weighted by molar-refractivity contribution is -0.139. The highest BCUT2D eigenvalue weighted by Gasteiger charge is 2.33. The van der Waals surface area contributed by atoms with Gasteiger partial charge in [-0.25, -0.2) is 8.42 Å². The van der Waals surface area contributed by atoms with Crippen LogP contribution in [0.25, 0.3) is 0 Å². The van der Waals surface area contributed by atoms with Gasteiger partial charge in [0.05, 0.1) is 31.9 Å². The van der Waals surface area contributed by atoms with Gasteiger partial charge < -0.3 is 24.4 Å². The van der Waals surface area contributed by atoms with Gasteiger partial charge in [0.25, 0.3) is 10.0 Å². The van der Waals surface area contributed by atoms with Gasteiger partial charge in [-0.2, -0.15) is 0 Å². The average molecular weight is 632 g/mol. The lowest BCUT2D eigenvalue weighted by Crippen LogP contribution is -2.51. The number of amides is 2. The van der Waals surface area contributed by atoms with Gasteiger partial charge in [-0.05, 0) is 66.9 Å². The van der Waals surface area contributed by atoms with Crippen molar-refractivity contribution in [2.75, 3.05) is 38.7 Å². The van der Waals surface area contributed by atoms with Gasteiger partial charge in [-0.1, -0.05) is 37.6 Å². The number of benzene rings is 3. The van der Waals surface area contributed by atoms with Gasteiger partial charge in [-0.3, -0.25) is 13.9 Å². The van der Waals surface area contributed by atoms with Crippen LogP contribution in [-0.4, -0.2) is 65.6 Å². The summed E-state index contributed by atoms with van der Waals surface area (Å²) in [6, 6.07) is 16.5. The number of rotatable bonds is 14. The molecule has 10 nitrogen and oxygen atoms in total. The second-order valence-electron chi connectivity index (χ2n) is 10.2. The van der Waals surface area contributed by atoms with Crippen LogP contribution in [0.3, 0.4) is 0 Å². The van der Waals surface area contributed by atoms with E-state index in [1.807, 2.05) is 13.8 Å². The van der Waals surface area contributed by atoms with E-state index in [-0.39, 0.29) is 34.7 Å². The Bertz CT molecular complexity index is 1510. The molecule has 1 atom stereocenters. The summed E-state index contributed by atoms with van der Waals surface area (Å²) >= 11 is 6.09. The Morgan fingerprint density at radius 3 is 2.16 bits per heavy atom. The molecule has 43 heavy (non-hydrogen) atoms. The van der Waals surface area contributed by atoms with Crippen molar-refractivity contribution < 1.29 is 32.2 Å². The number of nitrogens with one attached hydrogen (secondary N) is 1. The first-order valence-electron chi connectivity index (χ1n) is 13.6. The lowest BCUT2D eigenvalue weighted by Gasteiger charge is -2.32. The van der Waals surface area contributed by atoms with Crippen molar-refractivity contribution >= 4 is 39.1 Å². The number of methoxy groups -OCH3 is 3. The number of anilines is 1. The van der Waals surface area contributed by atoms with Crippen LogP contribution in [-0.2, 0) is 26.2 Å². The van der Waals surface area contributed by atoms with E-state index in [2.05, 4.69) is 5.32 Å². The van der Waals surface area contributed by atoms with E-state index in [0.717, 1.165) is 4.31 Å². The second kappa shape index (κ2) is 15.0. The third-order valence-corrected chi connectivity index (χ3v) is 8.70. The molecule has 0 unspecified atom stereocenters. The largest absolute Gasteiger partial charge is 0.497 e. The molecule has 3 aromatic rings. The molecule has 0 aliphatic rings. The smallest absolute Gasteiger partial charge is 0.264 e. The van der Waals surface area contributed by atoms with Gasteiger partial charge in [0.2, 0.25) is 11.8 Å². The summed E-state index contributed by atoms with van der Waals surface area (Å²) in [6.07, 6.45) is 0. The quantitative estimate of drug-likeness (QED) is 0.273. The van der Waals surface area contributed by atoms with Crippen molar-refractivity contribution in [3.05, 3.63) is 77.3 Å². The van der Waals surface area contributed by atoms with Gasteiger partial charge in [0, 0.05) is 24.2 Å². The first-order valence-corrected chi connectivity index (χ1v) is 15.4. The van der Waals surface area contributed by atoms with Crippen LogP contribution in [0, 0.1) is 5.92 Å². The molecule has 0 spiro atoms. The summed E-state index contributed by atoms with van der Waals surface area (Å²) in [4.78, 5) is 28.5. The maximum absolute atomic E-state index is 14.1. The summed E-state index contributed by atoms with van der Waals surface area (Å²) in [5.41, 5.74) is 0.919. The van der Waals surface area contributed by atoms with Crippen LogP contribution in [0.4, 0.5) is 5.69 Å². The molecule has 0 saturated carbocycles. The van der Waals surface area contributed by atoms with Crippen LogP contribution in [0.15, 0.2) is 71.6 Å². The molecule has 0 saturated heterocycles. The Balaban J connectivity index is 2.06. The number of hydrogen-bond acceptors (Lipinski definition) is 7. The topological polar surface area (TPSA) is 114 Å². The summed E-state index contributed by atoms with van der Waals surface area (Å²) in [6.45, 7) is 5.42. The highest BCUT2D eigenvalue weighted by Crippen LogP contribution is 2.32. The normalized spacial score (nSPS) is 11.9. The summed E-state index contributed by atoms with van der Waals surface area (Å²) in [7, 11) is 0.0616. The standard InChI is InChI=1S/C31H38ClN3O7S/c1-21(2)18-33-31(37)22(3)34(19-23-8-7-9-26(16-23)40-4)30(36)20-35(25-12-10-24(32)11-13-25)43(38,39)27-14-15-28(41-5)29(17-27)42-6/h7-17,21-22H,18-20H2,1-6H3,(H,33,37)/t22-/m1/s1. The Morgan fingerprint density at radius 2 is 1.56 bits per heavy atom. The van der Waals surface area contributed by atoms with Crippen LogP contribution in [0.5, 0.6) is 17.2 Å². The first kappa shape index (κ1) is 33.5. The minimum absolute atomic E-state index is 0.0389. The van der Waals surface area contributed by atoms with E-state index in [1.165, 1.54) is 68.7 Å². The lowest BCUT2D eigenvalue weighted by atomic mass is 10.1. The number of carbonyl (C=O) groups excluding carboxylic acids is 2. The molecule has 2 amide bonds. The molecule has 0 heterocycles. The summed E-state index contributed by atoms with van der Waals surface area (Å²) < 4.78 is 45.1. The monoisotopic (exact) mass is 631 g/mol. The van der Waals surface area contributed by atoms with Crippen molar-refractivity contribution in [1.29, 1.82) is 0 Å². The number of carbonyl (C=O) groups is 2. The fraction of sp³-hybridized carbons (Fsp3) is 0.355. The van der Waals surface area contributed by atoms with Gasteiger partial charge in [0.1, 0.15) is 18.3 Å². The Hall–Kier alpha value is -3.96. The van der Waals surface area contributed by atoms with Crippen molar-refractivity contribution in [2.24, 2.45) is 5.92 Å². The summed E-state index contributed by atoms with van der Waals surface area (Å²) in [5.74, 6) is 0.397. The number of nitrogens with zero attached hydrogens (tertiary/aromatic N) is 2. The van der Waals surface area contributed by atoms with E-state index in [9.17, 15) is 18.0 Å². The molecule has 0 radical (unpaired) electrons. The van der Waals surface area contributed by atoms with E-state index < -0.39 is 28.5 Å². The third-order valence-electron chi connectivity index (χ3n) is 6.68. The van der Waals surface area contributed by atoms with Gasteiger partial charge >= 0.3 is 0 Å². The molecule has 3 rings (SSSR count). The fourth-order valence-corrected chi connectivity index (χ4v) is 5.80. The number of ether oxygens (including phenoxy) is 3. The minimum Gasteiger partial charge on any atom is -0.497 e. The zero-order valence-corrected chi connectivity index (χ0v) is 26.7. The molecule has 1 N–H and O–H groups in total. The van der Waals surface area contributed by atoms with Crippen molar-refractivity contribution in [1.82, 2.24) is 10.2 Å². The number of hydrogen-bond donors (Lipinski definition) is 1. The summed E-state index contributed by atoms with van der Waals surface area (Å²) in [5, 5.41) is 3.26. The van der Waals surface area contributed by atoms with E-state index in [4.69, 9.17) is 25.8 Å². The minimum atomic E-state index is -4.32. The average Bonchev–Trinajstić information content (AvgIpc) is 3.00. The Labute approximate surface area is 258 Å². The van der Waals surface area contributed by atoms with Gasteiger partial charge in [0.15, 0.2) is 11.5 Å². The zero-order valence-electron chi connectivity index (χ0n) is 25.2. The van der Waals surface area contributed by atoms with E-state index in [0.29, 0.717) is 28.6 Å². The Morgan fingerprint density at radius 1 is 0.884 bits per heavy atom. The highest BCUT2D eigenvalue weighted by atomic mass is 35.5. The first-order chi connectivity index (χ1) is 20.4. The molecule has 0 bridgehead atoms. The Kier molecular flexibility index (Phi) is 11.7. The number of sulfonamides is 1. The molecular weight excluding hydrogens is 594 g/mol. The van der Waals surface area contributed by atoms with Crippen molar-refractivity contribution in [3.63, 3.8) is 0 Å². The molecule has 0 fully saturated rings. The molecular formula is C31H38ClN3O7S. The number of halogens is 1. The second-order valence-corrected chi connectivity index (χ2v) is 12.5. The maximum atomic E-state index is 14.1. The van der Waals surface area contributed by atoms with E-state index >= 15 is 0 Å². The van der Waals surface area contributed by atoms with Crippen LogP contribution >= 0.6 is 11.6 Å². The predicted octanol–water partition coefficient (Wildman–Crippen LogP) is 4.75. The maximum Gasteiger partial charge on any atom is 0.264 e. The van der Waals surface area contributed by atoms with Crippen molar-refractivity contribution in [2.45, 2.75) is 38.3 Å². The molecule has 0 aromatic heterocycles. The van der Waals surface area contributed by atoms with Crippen LogP contribution < -0.4 is 23.8 Å². The van der Waals surface area contributed by atoms with Crippen LogP contribution in [0.1, 0.15) is 26.3 Å². The highest BCUT2D eigenvalue weighted by molar-refractivity contribution is 7.92. The SMILES string of the molecule is COc1cccc(CN(C(=O)CN(c2ccc(Cl)cc2)S(=O)(=O)c2ccc(OC)c(OC)c2)[C@H](C)C(=O)NCC(C)C)c1. The van der Waals surface area contributed by atoms with Crippen LogP contribution in [0.2, 0.25) is 5.02 Å².